The molecule has 0 bridgehead atoms. The largest absolute Gasteiger partial charge is 0.388 e. The van der Waals surface area contributed by atoms with E-state index in [9.17, 15) is 9.59 Å². The van der Waals surface area contributed by atoms with Gasteiger partial charge in [-0.1, -0.05) is 48.5 Å². The zero-order valence-electron chi connectivity index (χ0n) is 15.1. The Morgan fingerprint density at radius 1 is 0.778 bits per heavy atom. The molecule has 2 amide bonds. The van der Waals surface area contributed by atoms with E-state index in [-0.39, 0.29) is 11.8 Å². The third-order valence-electron chi connectivity index (χ3n) is 4.93. The van der Waals surface area contributed by atoms with Gasteiger partial charge in [0.05, 0.1) is 16.8 Å². The molecule has 1 aliphatic rings. The van der Waals surface area contributed by atoms with Crippen LogP contribution in [0.15, 0.2) is 72.8 Å². The van der Waals surface area contributed by atoms with Crippen molar-refractivity contribution in [3.63, 3.8) is 0 Å². The van der Waals surface area contributed by atoms with Crippen LogP contribution in [0.4, 0.5) is 11.4 Å². The summed E-state index contributed by atoms with van der Waals surface area (Å²) in [7, 11) is 1.79. The molecule has 4 rings (SSSR count). The van der Waals surface area contributed by atoms with Crippen molar-refractivity contribution in [2.45, 2.75) is 12.8 Å². The number of hydrogen-bond acceptors (Lipinski definition) is 3. The molecule has 0 unspecified atom stereocenters. The van der Waals surface area contributed by atoms with Crippen LogP contribution in [0.2, 0.25) is 0 Å². The van der Waals surface area contributed by atoms with E-state index in [0.29, 0.717) is 16.8 Å². The molecule has 1 heterocycles. The van der Waals surface area contributed by atoms with Crippen molar-refractivity contribution in [3.8, 4) is 0 Å². The third-order valence-corrected chi connectivity index (χ3v) is 4.93. The van der Waals surface area contributed by atoms with Gasteiger partial charge >= 0.3 is 0 Å². The first-order valence-corrected chi connectivity index (χ1v) is 9.01. The SMILES string of the molecule is CNc1ccc2c(c1)C(=O)N(c1ccccc1CCc1ccccc1)C2=O. The summed E-state index contributed by atoms with van der Waals surface area (Å²) in [4.78, 5) is 27.2. The summed E-state index contributed by atoms with van der Waals surface area (Å²) in [5, 5.41) is 3.01. The van der Waals surface area contributed by atoms with E-state index in [2.05, 4.69) is 17.4 Å². The van der Waals surface area contributed by atoms with Gasteiger partial charge in [0.1, 0.15) is 0 Å². The zero-order valence-corrected chi connectivity index (χ0v) is 15.1. The lowest BCUT2D eigenvalue weighted by atomic mass is 10.0. The molecule has 27 heavy (non-hydrogen) atoms. The molecule has 4 heteroatoms. The molecule has 0 spiro atoms. The number of hydrogen-bond donors (Lipinski definition) is 1. The van der Waals surface area contributed by atoms with Crippen molar-refractivity contribution in [2.75, 3.05) is 17.3 Å². The van der Waals surface area contributed by atoms with Gasteiger partial charge in [-0.2, -0.15) is 0 Å². The Hall–Kier alpha value is -3.40. The Balaban J connectivity index is 1.66. The van der Waals surface area contributed by atoms with Gasteiger partial charge in [-0.15, -0.1) is 0 Å². The summed E-state index contributed by atoms with van der Waals surface area (Å²) in [5.41, 5.74) is 4.61. The molecule has 0 fully saturated rings. The average Bonchev–Trinajstić information content (AvgIpc) is 2.97. The smallest absolute Gasteiger partial charge is 0.266 e. The molecule has 3 aromatic rings. The zero-order chi connectivity index (χ0) is 18.8. The fourth-order valence-corrected chi connectivity index (χ4v) is 3.48. The van der Waals surface area contributed by atoms with E-state index in [0.717, 1.165) is 24.1 Å². The molecule has 0 saturated carbocycles. The minimum atomic E-state index is -0.265. The summed E-state index contributed by atoms with van der Waals surface area (Å²) in [6, 6.07) is 23.1. The van der Waals surface area contributed by atoms with Crippen LogP contribution in [0.5, 0.6) is 0 Å². The van der Waals surface area contributed by atoms with Gasteiger partial charge in [0.25, 0.3) is 11.8 Å². The monoisotopic (exact) mass is 356 g/mol. The Labute approximate surface area is 158 Å². The van der Waals surface area contributed by atoms with E-state index in [4.69, 9.17) is 0 Å². The Morgan fingerprint density at radius 2 is 1.48 bits per heavy atom. The molecule has 0 aromatic heterocycles. The van der Waals surface area contributed by atoms with Crippen LogP contribution < -0.4 is 10.2 Å². The topological polar surface area (TPSA) is 49.4 Å². The van der Waals surface area contributed by atoms with Crippen LogP contribution in [0.3, 0.4) is 0 Å². The summed E-state index contributed by atoms with van der Waals surface area (Å²) in [6.45, 7) is 0. The lowest BCUT2D eigenvalue weighted by molar-refractivity contribution is 0.0926. The van der Waals surface area contributed by atoms with Crippen LogP contribution >= 0.6 is 0 Å². The first kappa shape index (κ1) is 17.0. The highest BCUT2D eigenvalue weighted by Crippen LogP contribution is 2.32. The van der Waals surface area contributed by atoms with E-state index >= 15 is 0 Å². The molecule has 0 saturated heterocycles. The molecule has 3 aromatic carbocycles. The average molecular weight is 356 g/mol. The van der Waals surface area contributed by atoms with E-state index in [1.165, 1.54) is 10.5 Å². The standard InChI is InChI=1S/C23H20N2O2/c1-24-18-13-14-19-20(15-18)23(27)25(22(19)26)21-10-6-5-9-17(21)12-11-16-7-3-2-4-8-16/h2-10,13-15,24H,11-12H2,1H3. The number of benzene rings is 3. The molecule has 1 aliphatic heterocycles. The van der Waals surface area contributed by atoms with Gasteiger partial charge < -0.3 is 5.32 Å². The summed E-state index contributed by atoms with van der Waals surface area (Å²) >= 11 is 0. The highest BCUT2D eigenvalue weighted by Gasteiger charge is 2.37. The molecule has 0 aliphatic carbocycles. The minimum Gasteiger partial charge on any atom is -0.388 e. The number of nitrogens with zero attached hydrogens (tertiary/aromatic N) is 1. The number of nitrogens with one attached hydrogen (secondary N) is 1. The van der Waals surface area contributed by atoms with Gasteiger partial charge in [0, 0.05) is 12.7 Å². The van der Waals surface area contributed by atoms with E-state index < -0.39 is 0 Å². The van der Waals surface area contributed by atoms with E-state index in [1.54, 1.807) is 19.2 Å². The van der Waals surface area contributed by atoms with Crippen molar-refractivity contribution in [1.82, 2.24) is 0 Å². The minimum absolute atomic E-state index is 0.259. The maximum Gasteiger partial charge on any atom is 0.266 e. The Morgan fingerprint density at radius 3 is 2.26 bits per heavy atom. The summed E-state index contributed by atoms with van der Waals surface area (Å²) in [6.07, 6.45) is 1.61. The molecular formula is C23H20N2O2. The van der Waals surface area contributed by atoms with Crippen LogP contribution in [0.25, 0.3) is 0 Å². The quantitative estimate of drug-likeness (QED) is 0.693. The predicted octanol–water partition coefficient (Wildman–Crippen LogP) is 4.31. The second kappa shape index (κ2) is 7.08. The molecular weight excluding hydrogens is 336 g/mol. The normalized spacial score (nSPS) is 13.0. The van der Waals surface area contributed by atoms with Crippen LogP contribution in [-0.2, 0) is 12.8 Å². The number of anilines is 2. The lowest BCUT2D eigenvalue weighted by Gasteiger charge is -2.18. The molecule has 134 valence electrons. The first-order chi connectivity index (χ1) is 13.2. The second-order valence-electron chi connectivity index (χ2n) is 6.57. The maximum absolute atomic E-state index is 13.0. The van der Waals surface area contributed by atoms with E-state index in [1.807, 2.05) is 48.5 Å². The number of para-hydroxylation sites is 1. The Kier molecular flexibility index (Phi) is 4.47. The van der Waals surface area contributed by atoms with Crippen molar-refractivity contribution >= 4 is 23.2 Å². The maximum atomic E-state index is 13.0. The Bertz CT molecular complexity index is 1010. The van der Waals surface area contributed by atoms with Crippen molar-refractivity contribution in [1.29, 1.82) is 0 Å². The lowest BCUT2D eigenvalue weighted by Crippen LogP contribution is -2.30. The fraction of sp³-hybridized carbons (Fsp3) is 0.130. The number of amides is 2. The van der Waals surface area contributed by atoms with Gasteiger partial charge in [0.2, 0.25) is 0 Å². The highest BCUT2D eigenvalue weighted by atomic mass is 16.2. The predicted molar refractivity (Wildman–Crippen MR) is 107 cm³/mol. The van der Waals surface area contributed by atoms with Gasteiger partial charge in [-0.25, -0.2) is 4.90 Å². The molecule has 1 N–H and O–H groups in total. The number of fused-ring (bicyclic) bond motifs is 1. The van der Waals surface area contributed by atoms with Gasteiger partial charge in [0.15, 0.2) is 0 Å². The molecule has 4 nitrogen and oxygen atoms in total. The van der Waals surface area contributed by atoms with Crippen LogP contribution in [0, 0.1) is 0 Å². The van der Waals surface area contributed by atoms with Crippen LogP contribution in [-0.4, -0.2) is 18.9 Å². The number of carbonyl (C=O) groups excluding carboxylic acids is 2. The van der Waals surface area contributed by atoms with Gasteiger partial charge in [-0.3, -0.25) is 9.59 Å². The van der Waals surface area contributed by atoms with Crippen LogP contribution in [0.1, 0.15) is 31.8 Å². The number of rotatable bonds is 5. The first-order valence-electron chi connectivity index (χ1n) is 9.01. The fourth-order valence-electron chi connectivity index (χ4n) is 3.48. The van der Waals surface area contributed by atoms with Crippen molar-refractivity contribution in [3.05, 3.63) is 95.1 Å². The number of aryl methyl sites for hydroxylation is 2. The second-order valence-corrected chi connectivity index (χ2v) is 6.57. The van der Waals surface area contributed by atoms with Gasteiger partial charge in [-0.05, 0) is 48.2 Å². The third kappa shape index (κ3) is 3.10. The summed E-state index contributed by atoms with van der Waals surface area (Å²) in [5.74, 6) is -0.524. The number of imide groups is 1. The van der Waals surface area contributed by atoms with Crippen molar-refractivity contribution in [2.24, 2.45) is 0 Å². The summed E-state index contributed by atoms with van der Waals surface area (Å²) < 4.78 is 0. The molecule has 0 radical (unpaired) electrons. The molecule has 0 atom stereocenters. The number of carbonyl (C=O) groups is 2. The highest BCUT2D eigenvalue weighted by molar-refractivity contribution is 6.34. The van der Waals surface area contributed by atoms with Crippen molar-refractivity contribution < 1.29 is 9.59 Å².